The second kappa shape index (κ2) is 7.45. The van der Waals surface area contributed by atoms with Crippen LogP contribution in [0.4, 0.5) is 8.78 Å². The molecule has 1 saturated carbocycles. The van der Waals surface area contributed by atoms with Gasteiger partial charge in [0.1, 0.15) is 11.6 Å². The number of ether oxygens (including phenoxy) is 1. The summed E-state index contributed by atoms with van der Waals surface area (Å²) in [5, 5.41) is 10.4. The molecule has 2 aliphatic rings. The van der Waals surface area contributed by atoms with E-state index in [1.54, 1.807) is 31.2 Å². The molecule has 2 heterocycles. The number of carboxylic acids is 1. The maximum Gasteiger partial charge on any atom is 0.309 e. The topological polar surface area (TPSA) is 51.5 Å². The third kappa shape index (κ3) is 3.33. The van der Waals surface area contributed by atoms with Gasteiger partial charge in [0.15, 0.2) is 0 Å². The highest BCUT2D eigenvalue weighted by molar-refractivity contribution is 5.89. The number of carbonyl (C=O) groups is 1. The molecule has 2 aromatic carbocycles. The van der Waals surface area contributed by atoms with Crippen molar-refractivity contribution in [3.63, 3.8) is 0 Å². The smallest absolute Gasteiger partial charge is 0.309 e. The highest BCUT2D eigenvalue weighted by Crippen LogP contribution is 2.55. The summed E-state index contributed by atoms with van der Waals surface area (Å²) in [5.41, 5.74) is 3.08. The number of carboxylic acid groups (broad SMARTS) is 1. The predicted molar refractivity (Wildman–Crippen MR) is 114 cm³/mol. The molecule has 1 N–H and O–H groups in total. The van der Waals surface area contributed by atoms with Crippen LogP contribution in [0.1, 0.15) is 55.7 Å². The molecule has 31 heavy (non-hydrogen) atoms. The minimum Gasteiger partial charge on any atom is -0.481 e. The van der Waals surface area contributed by atoms with Gasteiger partial charge in [-0.3, -0.25) is 4.79 Å². The summed E-state index contributed by atoms with van der Waals surface area (Å²) in [7, 11) is 0. The summed E-state index contributed by atoms with van der Waals surface area (Å²) in [5.74, 6) is -1.16. The molecule has 1 aliphatic heterocycles. The van der Waals surface area contributed by atoms with E-state index in [0.717, 1.165) is 40.7 Å². The van der Waals surface area contributed by atoms with Crippen molar-refractivity contribution in [2.75, 3.05) is 13.2 Å². The lowest BCUT2D eigenvalue weighted by Crippen LogP contribution is -2.40. The van der Waals surface area contributed by atoms with Crippen LogP contribution in [-0.4, -0.2) is 28.9 Å². The average Bonchev–Trinajstić information content (AvgIpc) is 3.06. The Kier molecular flexibility index (Phi) is 4.85. The average molecular weight is 425 g/mol. The van der Waals surface area contributed by atoms with Crippen LogP contribution in [0.3, 0.4) is 0 Å². The summed E-state index contributed by atoms with van der Waals surface area (Å²) >= 11 is 0. The zero-order valence-electron chi connectivity index (χ0n) is 17.4. The summed E-state index contributed by atoms with van der Waals surface area (Å²) in [6.07, 6.45) is 2.74. The van der Waals surface area contributed by atoms with Crippen molar-refractivity contribution >= 4 is 16.9 Å². The Morgan fingerprint density at radius 3 is 2.32 bits per heavy atom. The summed E-state index contributed by atoms with van der Waals surface area (Å²) in [4.78, 5) is 11.7. The number of fused-ring (bicyclic) bond motifs is 1. The van der Waals surface area contributed by atoms with Crippen LogP contribution in [0.15, 0.2) is 42.5 Å². The first-order valence-corrected chi connectivity index (χ1v) is 10.8. The van der Waals surface area contributed by atoms with Gasteiger partial charge in [0.2, 0.25) is 0 Å². The number of hydrogen-bond donors (Lipinski definition) is 1. The molecule has 0 atom stereocenters. The first kappa shape index (κ1) is 20.2. The van der Waals surface area contributed by atoms with Crippen molar-refractivity contribution in [2.24, 2.45) is 5.41 Å². The third-order valence-electron chi connectivity index (χ3n) is 7.02. The van der Waals surface area contributed by atoms with Crippen LogP contribution in [0.5, 0.6) is 0 Å². The summed E-state index contributed by atoms with van der Waals surface area (Å²) in [6, 6.07) is 11.1. The van der Waals surface area contributed by atoms with E-state index in [9.17, 15) is 18.7 Å². The van der Waals surface area contributed by atoms with Crippen LogP contribution in [0, 0.1) is 17.0 Å². The van der Waals surface area contributed by atoms with Gasteiger partial charge in [-0.1, -0.05) is 0 Å². The monoisotopic (exact) mass is 425 g/mol. The Morgan fingerprint density at radius 1 is 1.03 bits per heavy atom. The zero-order valence-corrected chi connectivity index (χ0v) is 17.4. The van der Waals surface area contributed by atoms with E-state index < -0.39 is 11.4 Å². The molecule has 0 spiro atoms. The number of aliphatic carboxylic acids is 1. The Balaban J connectivity index is 1.75. The fraction of sp³-hybridized carbons (Fsp3) is 0.400. The molecule has 2 fully saturated rings. The maximum absolute atomic E-state index is 14.3. The number of hydrogen-bond acceptors (Lipinski definition) is 2. The predicted octanol–water partition coefficient (Wildman–Crippen LogP) is 5.77. The molecule has 0 bridgehead atoms. The summed E-state index contributed by atoms with van der Waals surface area (Å²) in [6.45, 7) is 3.08. The first-order valence-electron chi connectivity index (χ1n) is 10.8. The lowest BCUT2D eigenvalue weighted by Gasteiger charge is -2.43. The summed E-state index contributed by atoms with van der Waals surface area (Å²) < 4.78 is 35.7. The van der Waals surface area contributed by atoms with Gasteiger partial charge in [-0.2, -0.15) is 0 Å². The highest BCUT2D eigenvalue weighted by Gasteiger charge is 2.49. The van der Waals surface area contributed by atoms with Crippen molar-refractivity contribution < 1.29 is 23.4 Å². The molecular formula is C25H25F2NO3. The lowest BCUT2D eigenvalue weighted by atomic mass is 9.60. The molecule has 5 rings (SSSR count). The van der Waals surface area contributed by atoms with Crippen LogP contribution in [-0.2, 0) is 9.53 Å². The van der Waals surface area contributed by atoms with E-state index >= 15 is 0 Å². The van der Waals surface area contributed by atoms with Gasteiger partial charge >= 0.3 is 5.97 Å². The van der Waals surface area contributed by atoms with E-state index in [0.29, 0.717) is 26.1 Å². The third-order valence-corrected chi connectivity index (χ3v) is 7.02. The van der Waals surface area contributed by atoms with E-state index in [4.69, 9.17) is 4.74 Å². The highest BCUT2D eigenvalue weighted by atomic mass is 19.1. The molecule has 1 saturated heterocycles. The molecule has 0 unspecified atom stereocenters. The fourth-order valence-electron chi connectivity index (χ4n) is 5.38. The Hall–Kier alpha value is -2.73. The first-order chi connectivity index (χ1) is 14.9. The van der Waals surface area contributed by atoms with Gasteiger partial charge in [-0.15, -0.1) is 0 Å². The standard InChI is InChI=1S/C25H25F2NO3/c1-25(24(29)30)13-16(14-25)22-20-12-18(27)4-7-21(20)28(19-5-2-17(26)3-6-19)23(22)15-8-10-31-11-9-15/h2-7,12,15-16H,8-11,13-14H2,1H3,(H,29,30). The minimum absolute atomic E-state index is 0.0462. The molecule has 1 aromatic heterocycles. The van der Waals surface area contributed by atoms with Gasteiger partial charge in [-0.05, 0) is 86.6 Å². The van der Waals surface area contributed by atoms with Crippen molar-refractivity contribution in [2.45, 2.75) is 44.4 Å². The van der Waals surface area contributed by atoms with Gasteiger partial charge in [0.05, 0.1) is 10.9 Å². The molecule has 1 aliphatic carbocycles. The van der Waals surface area contributed by atoms with Crippen molar-refractivity contribution in [1.82, 2.24) is 4.57 Å². The fourth-order valence-corrected chi connectivity index (χ4v) is 5.38. The number of halogens is 2. The largest absolute Gasteiger partial charge is 0.481 e. The molecule has 162 valence electrons. The minimum atomic E-state index is -0.787. The van der Waals surface area contributed by atoms with Crippen molar-refractivity contribution in [3.8, 4) is 5.69 Å². The molecule has 0 amide bonds. The second-order valence-electron chi connectivity index (χ2n) is 9.13. The van der Waals surface area contributed by atoms with E-state index in [1.165, 1.54) is 18.2 Å². The van der Waals surface area contributed by atoms with Gasteiger partial charge < -0.3 is 14.4 Å². The SMILES string of the molecule is CC1(C(=O)O)CC(c2c(C3CCOCC3)n(-c3ccc(F)cc3)c3ccc(F)cc23)C1. The molecule has 6 heteroatoms. The normalized spacial score (nSPS) is 24.3. The quantitative estimate of drug-likeness (QED) is 0.577. The van der Waals surface area contributed by atoms with Crippen LogP contribution in [0.2, 0.25) is 0 Å². The Bertz CT molecular complexity index is 1140. The number of nitrogens with zero attached hydrogens (tertiary/aromatic N) is 1. The molecule has 4 nitrogen and oxygen atoms in total. The Morgan fingerprint density at radius 2 is 1.68 bits per heavy atom. The van der Waals surface area contributed by atoms with E-state index in [2.05, 4.69) is 4.57 Å². The Labute approximate surface area is 179 Å². The van der Waals surface area contributed by atoms with Gasteiger partial charge in [-0.25, -0.2) is 8.78 Å². The maximum atomic E-state index is 14.3. The van der Waals surface area contributed by atoms with E-state index in [1.807, 2.05) is 0 Å². The van der Waals surface area contributed by atoms with Gasteiger partial charge in [0.25, 0.3) is 0 Å². The van der Waals surface area contributed by atoms with Crippen LogP contribution < -0.4 is 0 Å². The van der Waals surface area contributed by atoms with Gasteiger partial charge in [0, 0.05) is 35.9 Å². The van der Waals surface area contributed by atoms with Crippen LogP contribution >= 0.6 is 0 Å². The lowest BCUT2D eigenvalue weighted by molar-refractivity contribution is -0.154. The number of rotatable bonds is 4. The molecular weight excluding hydrogens is 400 g/mol. The second-order valence-corrected chi connectivity index (χ2v) is 9.13. The zero-order chi connectivity index (χ0) is 21.8. The van der Waals surface area contributed by atoms with Crippen molar-refractivity contribution in [3.05, 3.63) is 65.4 Å². The molecule has 3 aromatic rings. The van der Waals surface area contributed by atoms with Crippen LogP contribution in [0.25, 0.3) is 16.6 Å². The molecule has 0 radical (unpaired) electrons. The number of benzene rings is 2. The number of aromatic nitrogens is 1. The van der Waals surface area contributed by atoms with Crippen molar-refractivity contribution in [1.29, 1.82) is 0 Å². The van der Waals surface area contributed by atoms with E-state index in [-0.39, 0.29) is 23.5 Å².